The molecule has 0 aliphatic heterocycles. The third-order valence-corrected chi connectivity index (χ3v) is 4.18. The van der Waals surface area contributed by atoms with Crippen molar-refractivity contribution < 1.29 is 4.39 Å². The molecule has 2 aromatic carbocycles. The molecule has 0 aromatic heterocycles. The molecule has 0 heterocycles. The fraction of sp³-hybridized carbons (Fsp3) is 0.333. The molecule has 1 nitrogen and oxygen atoms in total. The Hall–Kier alpha value is -1.67. The van der Waals surface area contributed by atoms with E-state index in [1.165, 1.54) is 16.7 Å². The smallest absolute Gasteiger partial charge is 0.123 e. The zero-order valence-electron chi connectivity index (χ0n) is 11.8. The van der Waals surface area contributed by atoms with Crippen molar-refractivity contribution in [3.05, 3.63) is 70.5 Å². The largest absolute Gasteiger partial charge is 0.313 e. The molecular formula is C18H20FN. The van der Waals surface area contributed by atoms with Crippen LogP contribution in [0.25, 0.3) is 0 Å². The zero-order valence-corrected chi connectivity index (χ0v) is 11.8. The lowest BCUT2D eigenvalue weighted by atomic mass is 10.1. The molecule has 0 bridgehead atoms. The average molecular weight is 269 g/mol. The van der Waals surface area contributed by atoms with Gasteiger partial charge in [0.15, 0.2) is 0 Å². The zero-order chi connectivity index (χ0) is 13.9. The minimum absolute atomic E-state index is 0.148. The summed E-state index contributed by atoms with van der Waals surface area (Å²) < 4.78 is 13.1. The second kappa shape index (κ2) is 5.76. The van der Waals surface area contributed by atoms with E-state index < -0.39 is 0 Å². The second-order valence-electron chi connectivity index (χ2n) is 5.65. The number of benzene rings is 2. The molecule has 0 radical (unpaired) electrons. The van der Waals surface area contributed by atoms with Gasteiger partial charge < -0.3 is 5.32 Å². The van der Waals surface area contributed by atoms with E-state index in [1.807, 2.05) is 13.0 Å². The van der Waals surface area contributed by atoms with Crippen molar-refractivity contribution >= 4 is 0 Å². The molecule has 1 aliphatic carbocycles. The average Bonchev–Trinajstić information content (AvgIpc) is 2.84. The highest BCUT2D eigenvalue weighted by Gasteiger charge is 2.19. The quantitative estimate of drug-likeness (QED) is 0.896. The number of aryl methyl sites for hydroxylation is 1. The van der Waals surface area contributed by atoms with Crippen LogP contribution in [-0.4, -0.2) is 12.6 Å². The van der Waals surface area contributed by atoms with Gasteiger partial charge in [0.2, 0.25) is 0 Å². The number of fused-ring (bicyclic) bond motifs is 1. The van der Waals surface area contributed by atoms with E-state index in [9.17, 15) is 4.39 Å². The Labute approximate surface area is 119 Å². The third-order valence-electron chi connectivity index (χ3n) is 4.18. The molecule has 0 unspecified atom stereocenters. The highest BCUT2D eigenvalue weighted by Crippen LogP contribution is 2.21. The first kappa shape index (κ1) is 13.3. The van der Waals surface area contributed by atoms with Gasteiger partial charge in [-0.15, -0.1) is 0 Å². The topological polar surface area (TPSA) is 12.0 Å². The van der Waals surface area contributed by atoms with Gasteiger partial charge in [-0.1, -0.05) is 30.3 Å². The summed E-state index contributed by atoms with van der Waals surface area (Å²) in [5.41, 5.74) is 5.22. The summed E-state index contributed by atoms with van der Waals surface area (Å²) in [6, 6.07) is 14.3. The fourth-order valence-electron chi connectivity index (χ4n) is 3.05. The molecule has 20 heavy (non-hydrogen) atoms. The number of nitrogens with one attached hydrogen (secondary N) is 1. The summed E-state index contributed by atoms with van der Waals surface area (Å²) in [5, 5.41) is 3.63. The highest BCUT2D eigenvalue weighted by atomic mass is 19.1. The van der Waals surface area contributed by atoms with Gasteiger partial charge in [-0.25, -0.2) is 4.39 Å². The van der Waals surface area contributed by atoms with Crippen LogP contribution in [0.1, 0.15) is 22.3 Å². The van der Waals surface area contributed by atoms with Crippen LogP contribution in [0.5, 0.6) is 0 Å². The van der Waals surface area contributed by atoms with E-state index in [0.717, 1.165) is 31.4 Å². The predicted molar refractivity (Wildman–Crippen MR) is 80.5 cm³/mol. The number of halogens is 1. The van der Waals surface area contributed by atoms with Crippen LogP contribution < -0.4 is 5.32 Å². The normalized spacial score (nSPS) is 14.5. The molecule has 104 valence electrons. The van der Waals surface area contributed by atoms with Gasteiger partial charge in [0.05, 0.1) is 0 Å². The summed E-state index contributed by atoms with van der Waals surface area (Å²) in [6.45, 7) is 2.93. The second-order valence-corrected chi connectivity index (χ2v) is 5.65. The lowest BCUT2D eigenvalue weighted by Gasteiger charge is -2.12. The van der Waals surface area contributed by atoms with Crippen molar-refractivity contribution in [3.8, 4) is 0 Å². The summed E-state index contributed by atoms with van der Waals surface area (Å²) >= 11 is 0. The molecule has 0 spiro atoms. The Bertz CT molecular complexity index is 581. The van der Waals surface area contributed by atoms with Gasteiger partial charge >= 0.3 is 0 Å². The van der Waals surface area contributed by atoms with Crippen LogP contribution in [0.4, 0.5) is 4.39 Å². The van der Waals surface area contributed by atoms with Gasteiger partial charge in [0.1, 0.15) is 5.82 Å². The molecule has 0 fully saturated rings. The Kier molecular flexibility index (Phi) is 3.83. The van der Waals surface area contributed by atoms with Crippen molar-refractivity contribution in [3.63, 3.8) is 0 Å². The van der Waals surface area contributed by atoms with Crippen molar-refractivity contribution in [1.29, 1.82) is 0 Å². The van der Waals surface area contributed by atoms with E-state index in [0.29, 0.717) is 6.04 Å². The molecule has 0 amide bonds. The fourth-order valence-corrected chi connectivity index (χ4v) is 3.05. The molecule has 0 saturated heterocycles. The third kappa shape index (κ3) is 2.91. The number of hydrogen-bond acceptors (Lipinski definition) is 1. The van der Waals surface area contributed by atoms with Crippen molar-refractivity contribution in [2.45, 2.75) is 32.2 Å². The van der Waals surface area contributed by atoms with Gasteiger partial charge in [-0.05, 0) is 67.1 Å². The molecule has 1 aliphatic rings. The van der Waals surface area contributed by atoms with Crippen molar-refractivity contribution in [2.24, 2.45) is 0 Å². The Morgan fingerprint density at radius 3 is 2.45 bits per heavy atom. The van der Waals surface area contributed by atoms with E-state index in [4.69, 9.17) is 0 Å². The first-order chi connectivity index (χ1) is 9.72. The first-order valence-corrected chi connectivity index (χ1v) is 7.27. The van der Waals surface area contributed by atoms with Crippen LogP contribution in [0.2, 0.25) is 0 Å². The van der Waals surface area contributed by atoms with Crippen LogP contribution in [-0.2, 0) is 19.3 Å². The summed E-state index contributed by atoms with van der Waals surface area (Å²) in [7, 11) is 0. The van der Waals surface area contributed by atoms with Crippen LogP contribution in [0.15, 0.2) is 42.5 Å². The maximum absolute atomic E-state index is 13.1. The summed E-state index contributed by atoms with van der Waals surface area (Å²) in [4.78, 5) is 0. The van der Waals surface area contributed by atoms with E-state index in [1.54, 1.807) is 12.1 Å². The number of hydrogen-bond donors (Lipinski definition) is 1. The molecule has 2 aromatic rings. The van der Waals surface area contributed by atoms with E-state index >= 15 is 0 Å². The highest BCUT2D eigenvalue weighted by molar-refractivity contribution is 5.33. The van der Waals surface area contributed by atoms with Crippen LogP contribution in [0.3, 0.4) is 0 Å². The van der Waals surface area contributed by atoms with Gasteiger partial charge in [0.25, 0.3) is 0 Å². The maximum Gasteiger partial charge on any atom is 0.123 e. The molecule has 2 heteroatoms. The van der Waals surface area contributed by atoms with Gasteiger partial charge in [-0.3, -0.25) is 0 Å². The first-order valence-electron chi connectivity index (χ1n) is 7.27. The lowest BCUT2D eigenvalue weighted by Crippen LogP contribution is -2.31. The summed E-state index contributed by atoms with van der Waals surface area (Å²) in [5.74, 6) is -0.148. The predicted octanol–water partition coefficient (Wildman–Crippen LogP) is 3.43. The van der Waals surface area contributed by atoms with Crippen LogP contribution in [0, 0.1) is 12.7 Å². The molecule has 0 saturated carbocycles. The monoisotopic (exact) mass is 269 g/mol. The van der Waals surface area contributed by atoms with Crippen molar-refractivity contribution in [2.75, 3.05) is 6.54 Å². The minimum atomic E-state index is -0.148. The lowest BCUT2D eigenvalue weighted by molar-refractivity contribution is 0.535. The van der Waals surface area contributed by atoms with E-state index in [-0.39, 0.29) is 5.82 Å². The minimum Gasteiger partial charge on any atom is -0.313 e. The van der Waals surface area contributed by atoms with Crippen LogP contribution >= 0.6 is 0 Å². The molecule has 3 rings (SSSR count). The standard InChI is InChI=1S/C18H20FN/c1-13-10-17(19)7-6-14(13)8-9-20-18-11-15-4-2-3-5-16(15)12-18/h2-7,10,18,20H,8-9,11-12H2,1H3. The van der Waals surface area contributed by atoms with E-state index in [2.05, 4.69) is 29.6 Å². The molecule has 1 N–H and O–H groups in total. The van der Waals surface area contributed by atoms with Crippen molar-refractivity contribution in [1.82, 2.24) is 5.32 Å². The van der Waals surface area contributed by atoms with Gasteiger partial charge in [0, 0.05) is 6.04 Å². The molecular weight excluding hydrogens is 249 g/mol. The maximum atomic E-state index is 13.1. The Balaban J connectivity index is 1.52. The Morgan fingerprint density at radius 2 is 1.80 bits per heavy atom. The SMILES string of the molecule is Cc1cc(F)ccc1CCNC1Cc2ccccc2C1. The molecule has 0 atom stereocenters. The number of rotatable bonds is 4. The van der Waals surface area contributed by atoms with Gasteiger partial charge in [-0.2, -0.15) is 0 Å². The summed E-state index contributed by atoms with van der Waals surface area (Å²) in [6.07, 6.45) is 3.20. The Morgan fingerprint density at radius 1 is 1.10 bits per heavy atom.